The topological polar surface area (TPSA) is 123 Å². The first kappa shape index (κ1) is 17.4. The van der Waals surface area contributed by atoms with Crippen LogP contribution in [-0.2, 0) is 11.8 Å². The first-order valence-electron chi connectivity index (χ1n) is 6.58. The number of likely N-dealkylation sites (N-methyl/N-ethyl adjacent to an activating group) is 1. The van der Waals surface area contributed by atoms with Crippen LogP contribution in [0.2, 0.25) is 0 Å². The summed E-state index contributed by atoms with van der Waals surface area (Å²) in [6.07, 6.45) is 0.468. The molecule has 1 aromatic heterocycles. The number of amides is 1. The van der Waals surface area contributed by atoms with E-state index in [1.807, 2.05) is 13.8 Å². The number of nitrogens with two attached hydrogens (primary N) is 1. The molecular formula is C12H21N5O3S. The Bertz CT molecular complexity index is 626. The molecule has 1 aromatic rings. The van der Waals surface area contributed by atoms with Crippen LogP contribution >= 0.6 is 11.8 Å². The highest BCUT2D eigenvalue weighted by atomic mass is 32.2. The third kappa shape index (κ3) is 4.43. The molecule has 0 aliphatic carbocycles. The predicted octanol–water partition coefficient (Wildman–Crippen LogP) is -0.807. The third-order valence-electron chi connectivity index (χ3n) is 3.06. The van der Waals surface area contributed by atoms with Crippen LogP contribution in [0.4, 0.5) is 0 Å². The summed E-state index contributed by atoms with van der Waals surface area (Å²) in [6, 6.07) is 0. The van der Waals surface area contributed by atoms with E-state index < -0.39 is 22.6 Å². The molecule has 1 heterocycles. The number of nitrogens with one attached hydrogen (secondary N) is 2. The fraction of sp³-hybridized carbons (Fsp3) is 0.667. The maximum Gasteiger partial charge on any atom is 0.339 e. The van der Waals surface area contributed by atoms with Gasteiger partial charge in [0.25, 0.3) is 0 Å². The summed E-state index contributed by atoms with van der Waals surface area (Å²) >= 11 is 1.30. The third-order valence-corrected chi connectivity index (χ3v) is 4.21. The molecule has 2 atom stereocenters. The van der Waals surface area contributed by atoms with Crippen LogP contribution < -0.4 is 22.2 Å². The fourth-order valence-corrected chi connectivity index (χ4v) is 3.13. The summed E-state index contributed by atoms with van der Waals surface area (Å²) in [5.74, 6) is -0.430. The van der Waals surface area contributed by atoms with Gasteiger partial charge in [-0.05, 0) is 19.9 Å². The Hall–Kier alpha value is -1.61. The highest BCUT2D eigenvalue weighted by molar-refractivity contribution is 7.99. The lowest BCUT2D eigenvalue weighted by Crippen LogP contribution is -2.54. The van der Waals surface area contributed by atoms with Gasteiger partial charge in [-0.25, -0.2) is 0 Å². The van der Waals surface area contributed by atoms with Crippen molar-refractivity contribution in [3.05, 3.63) is 20.7 Å². The van der Waals surface area contributed by atoms with Crippen LogP contribution in [-0.4, -0.2) is 38.0 Å². The van der Waals surface area contributed by atoms with Gasteiger partial charge in [0.05, 0.1) is 5.54 Å². The number of carbonyl (C=O) groups is 1. The Kier molecular flexibility index (Phi) is 5.73. The lowest BCUT2D eigenvalue weighted by atomic mass is 9.95. The average Bonchev–Trinajstić information content (AvgIpc) is 2.35. The van der Waals surface area contributed by atoms with E-state index in [9.17, 15) is 14.4 Å². The van der Waals surface area contributed by atoms with Gasteiger partial charge in [-0.3, -0.25) is 24.2 Å². The van der Waals surface area contributed by atoms with Gasteiger partial charge in [0, 0.05) is 12.3 Å². The summed E-state index contributed by atoms with van der Waals surface area (Å²) in [4.78, 5) is 37.8. The Balaban J connectivity index is 2.89. The highest BCUT2D eigenvalue weighted by Gasteiger charge is 2.32. The summed E-state index contributed by atoms with van der Waals surface area (Å²) in [5, 5.41) is 5.80. The predicted molar refractivity (Wildman–Crippen MR) is 81.3 cm³/mol. The molecule has 9 heteroatoms. The zero-order valence-electron chi connectivity index (χ0n) is 12.6. The number of aromatic amines is 1. The number of primary amides is 1. The molecule has 118 valence electrons. The number of aryl methyl sites for hydroxylation is 1. The van der Waals surface area contributed by atoms with E-state index in [0.717, 1.165) is 0 Å². The Morgan fingerprint density at radius 1 is 1.57 bits per heavy atom. The number of aromatic nitrogens is 3. The maximum atomic E-state index is 11.6. The Labute approximate surface area is 126 Å². The molecule has 0 saturated carbocycles. The van der Waals surface area contributed by atoms with Gasteiger partial charge in [-0.2, -0.15) is 4.98 Å². The van der Waals surface area contributed by atoms with Gasteiger partial charge in [-0.1, -0.05) is 25.6 Å². The van der Waals surface area contributed by atoms with E-state index in [4.69, 9.17) is 5.73 Å². The van der Waals surface area contributed by atoms with E-state index in [1.165, 1.54) is 16.4 Å². The van der Waals surface area contributed by atoms with E-state index in [1.54, 1.807) is 14.0 Å². The van der Waals surface area contributed by atoms with Crippen molar-refractivity contribution in [3.8, 4) is 0 Å². The van der Waals surface area contributed by atoms with Crippen molar-refractivity contribution in [2.24, 2.45) is 12.8 Å². The standard InChI is InChI=1S/C12H21N5O3S/c1-5-14-12(3,10(13)20)6-7(2)21-11-15-8(18)9(19)16-17(11)4/h7,14H,5-6H2,1-4H3,(H2,13,20)(H,16,19). The SMILES string of the molecule is CCNC(C)(CC(C)Sc1nc(=O)c(=O)[nH]n1C)C(N)=O. The molecule has 0 radical (unpaired) electrons. The zero-order valence-corrected chi connectivity index (χ0v) is 13.4. The molecule has 4 N–H and O–H groups in total. The monoisotopic (exact) mass is 315 g/mol. The van der Waals surface area contributed by atoms with Crippen molar-refractivity contribution >= 4 is 17.7 Å². The largest absolute Gasteiger partial charge is 0.368 e. The molecule has 0 fully saturated rings. The molecule has 2 unspecified atom stereocenters. The van der Waals surface area contributed by atoms with Gasteiger partial charge in [0.1, 0.15) is 0 Å². The highest BCUT2D eigenvalue weighted by Crippen LogP contribution is 2.26. The number of hydrogen-bond donors (Lipinski definition) is 3. The van der Waals surface area contributed by atoms with Crippen LogP contribution in [0.3, 0.4) is 0 Å². The van der Waals surface area contributed by atoms with E-state index in [-0.39, 0.29) is 5.25 Å². The fourth-order valence-electron chi connectivity index (χ4n) is 2.01. The lowest BCUT2D eigenvalue weighted by Gasteiger charge is -2.29. The molecule has 1 amide bonds. The quantitative estimate of drug-likeness (QED) is 0.447. The molecule has 21 heavy (non-hydrogen) atoms. The van der Waals surface area contributed by atoms with Crippen LogP contribution in [0.5, 0.6) is 0 Å². The summed E-state index contributed by atoms with van der Waals surface area (Å²) in [5.41, 5.74) is 3.03. The maximum absolute atomic E-state index is 11.6. The van der Waals surface area contributed by atoms with Crippen molar-refractivity contribution in [1.82, 2.24) is 20.1 Å². The van der Waals surface area contributed by atoms with Gasteiger partial charge in [0.2, 0.25) is 5.91 Å². The Morgan fingerprint density at radius 3 is 2.71 bits per heavy atom. The number of rotatable bonds is 7. The molecule has 0 aliphatic heterocycles. The van der Waals surface area contributed by atoms with Crippen molar-refractivity contribution in [2.45, 2.75) is 43.1 Å². The van der Waals surface area contributed by atoms with Gasteiger partial charge in [-0.15, -0.1) is 0 Å². The normalized spacial score (nSPS) is 15.4. The van der Waals surface area contributed by atoms with Crippen molar-refractivity contribution < 1.29 is 4.79 Å². The van der Waals surface area contributed by atoms with Crippen molar-refractivity contribution in [3.63, 3.8) is 0 Å². The minimum atomic E-state index is -0.831. The summed E-state index contributed by atoms with van der Waals surface area (Å²) in [6.45, 7) is 6.16. The summed E-state index contributed by atoms with van der Waals surface area (Å²) < 4.78 is 1.39. The minimum absolute atomic E-state index is 0.0365. The molecule has 0 spiro atoms. The van der Waals surface area contributed by atoms with Crippen molar-refractivity contribution in [1.29, 1.82) is 0 Å². The molecular weight excluding hydrogens is 294 g/mol. The number of nitrogens with zero attached hydrogens (tertiary/aromatic N) is 2. The van der Waals surface area contributed by atoms with E-state index in [0.29, 0.717) is 18.1 Å². The minimum Gasteiger partial charge on any atom is -0.368 e. The average molecular weight is 315 g/mol. The number of H-pyrrole nitrogens is 1. The molecule has 8 nitrogen and oxygen atoms in total. The number of thioether (sulfide) groups is 1. The van der Waals surface area contributed by atoms with Gasteiger partial charge >= 0.3 is 11.1 Å². The van der Waals surface area contributed by atoms with Gasteiger partial charge < -0.3 is 11.1 Å². The number of hydrogen-bond acceptors (Lipinski definition) is 6. The second kappa shape index (κ2) is 6.90. The molecule has 0 saturated heterocycles. The first-order valence-corrected chi connectivity index (χ1v) is 7.46. The Morgan fingerprint density at radius 2 is 2.19 bits per heavy atom. The van der Waals surface area contributed by atoms with Crippen LogP contribution in [0, 0.1) is 0 Å². The molecule has 0 bridgehead atoms. The van der Waals surface area contributed by atoms with Crippen molar-refractivity contribution in [2.75, 3.05) is 6.54 Å². The van der Waals surface area contributed by atoms with Crippen LogP contribution in [0.1, 0.15) is 27.2 Å². The van der Waals surface area contributed by atoms with Gasteiger partial charge in [0.15, 0.2) is 5.16 Å². The summed E-state index contributed by atoms with van der Waals surface area (Å²) in [7, 11) is 1.60. The molecule has 1 rings (SSSR count). The zero-order chi connectivity index (χ0) is 16.2. The smallest absolute Gasteiger partial charge is 0.339 e. The molecule has 0 aliphatic rings. The number of carbonyl (C=O) groups excluding carboxylic acids is 1. The van der Waals surface area contributed by atoms with Crippen LogP contribution in [0.25, 0.3) is 0 Å². The van der Waals surface area contributed by atoms with E-state index >= 15 is 0 Å². The second-order valence-electron chi connectivity index (χ2n) is 5.06. The second-order valence-corrected chi connectivity index (χ2v) is 6.46. The first-order chi connectivity index (χ1) is 9.69. The molecule has 0 aromatic carbocycles. The lowest BCUT2D eigenvalue weighted by molar-refractivity contribution is -0.124. The van der Waals surface area contributed by atoms with E-state index in [2.05, 4.69) is 15.4 Å². The van der Waals surface area contributed by atoms with Crippen LogP contribution in [0.15, 0.2) is 14.7 Å².